The molecule has 0 heterocycles. The van der Waals surface area contributed by atoms with Crippen molar-refractivity contribution in [1.82, 2.24) is 5.32 Å². The topological polar surface area (TPSA) is 66.4 Å². The van der Waals surface area contributed by atoms with Gasteiger partial charge in [-0.25, -0.2) is 8.42 Å². The van der Waals surface area contributed by atoms with Gasteiger partial charge in [0.15, 0.2) is 9.84 Å². The number of rotatable bonds is 7. The molecule has 1 aliphatic rings. The van der Waals surface area contributed by atoms with E-state index < -0.39 is 15.4 Å². The normalized spacial score (nSPS) is 22.3. The summed E-state index contributed by atoms with van der Waals surface area (Å²) in [4.78, 5) is 0. The van der Waals surface area contributed by atoms with Gasteiger partial charge in [0.2, 0.25) is 0 Å². The van der Waals surface area contributed by atoms with Gasteiger partial charge in [0.1, 0.15) is 0 Å². The molecule has 0 bridgehead atoms. The molecule has 19 heavy (non-hydrogen) atoms. The maximum absolute atomic E-state index is 11.5. The predicted molar refractivity (Wildman–Crippen MR) is 79.0 cm³/mol. The summed E-state index contributed by atoms with van der Waals surface area (Å²) < 4.78 is 23.1. The average molecular weight is 291 g/mol. The number of hydrogen-bond acceptors (Lipinski definition) is 4. The van der Waals surface area contributed by atoms with Crippen LogP contribution in [0.1, 0.15) is 52.9 Å². The molecule has 0 aromatic heterocycles. The van der Waals surface area contributed by atoms with E-state index >= 15 is 0 Å². The van der Waals surface area contributed by atoms with Gasteiger partial charge in [-0.3, -0.25) is 0 Å². The van der Waals surface area contributed by atoms with E-state index in [1.165, 1.54) is 0 Å². The van der Waals surface area contributed by atoms with Crippen LogP contribution in [0.5, 0.6) is 0 Å². The Morgan fingerprint density at radius 2 is 1.68 bits per heavy atom. The van der Waals surface area contributed by atoms with E-state index in [-0.39, 0.29) is 11.5 Å². The summed E-state index contributed by atoms with van der Waals surface area (Å²) in [6, 6.07) is 0. The van der Waals surface area contributed by atoms with Crippen LogP contribution in [0.2, 0.25) is 0 Å². The SMILES string of the molecule is CCCS(=O)(=O)CCNCC1(O)CCC(C)(C)CC1. The summed E-state index contributed by atoms with van der Waals surface area (Å²) >= 11 is 0. The van der Waals surface area contributed by atoms with Crippen molar-refractivity contribution < 1.29 is 13.5 Å². The standard InChI is InChI=1S/C14H29NO3S/c1-4-10-19(17,18)11-9-15-12-14(16)7-5-13(2,3)6-8-14/h15-16H,4-12H2,1-3H3. The van der Waals surface area contributed by atoms with Gasteiger partial charge in [0.25, 0.3) is 0 Å². The molecule has 0 aliphatic heterocycles. The maximum Gasteiger partial charge on any atom is 0.151 e. The molecule has 1 rings (SSSR count). The van der Waals surface area contributed by atoms with E-state index in [0.717, 1.165) is 25.7 Å². The number of aliphatic hydroxyl groups is 1. The van der Waals surface area contributed by atoms with E-state index in [0.29, 0.717) is 24.9 Å². The molecule has 4 nitrogen and oxygen atoms in total. The minimum absolute atomic E-state index is 0.169. The largest absolute Gasteiger partial charge is 0.389 e. The minimum Gasteiger partial charge on any atom is -0.389 e. The lowest BCUT2D eigenvalue weighted by Crippen LogP contribution is -2.45. The van der Waals surface area contributed by atoms with Crippen molar-refractivity contribution in [3.05, 3.63) is 0 Å². The van der Waals surface area contributed by atoms with Crippen molar-refractivity contribution in [2.75, 3.05) is 24.6 Å². The number of sulfone groups is 1. The van der Waals surface area contributed by atoms with E-state index in [1.807, 2.05) is 6.92 Å². The first-order chi connectivity index (χ1) is 8.68. The molecule has 0 aromatic carbocycles. The first-order valence-electron chi connectivity index (χ1n) is 7.32. The number of hydrogen-bond donors (Lipinski definition) is 2. The third kappa shape index (κ3) is 6.23. The van der Waals surface area contributed by atoms with Crippen molar-refractivity contribution >= 4 is 9.84 Å². The van der Waals surface area contributed by atoms with Gasteiger partial charge >= 0.3 is 0 Å². The molecule has 0 amide bonds. The second-order valence-corrected chi connectivity index (χ2v) is 9.02. The summed E-state index contributed by atoms with van der Waals surface area (Å²) in [5.74, 6) is 0.426. The van der Waals surface area contributed by atoms with E-state index in [9.17, 15) is 13.5 Å². The van der Waals surface area contributed by atoms with E-state index in [2.05, 4.69) is 19.2 Å². The van der Waals surface area contributed by atoms with Crippen molar-refractivity contribution in [2.45, 2.75) is 58.5 Å². The van der Waals surface area contributed by atoms with Gasteiger partial charge < -0.3 is 10.4 Å². The van der Waals surface area contributed by atoms with Gasteiger partial charge in [-0.15, -0.1) is 0 Å². The van der Waals surface area contributed by atoms with Crippen LogP contribution in [-0.4, -0.2) is 43.7 Å². The molecule has 114 valence electrons. The lowest BCUT2D eigenvalue weighted by Gasteiger charge is -2.40. The molecule has 0 radical (unpaired) electrons. The van der Waals surface area contributed by atoms with Crippen molar-refractivity contribution in [1.29, 1.82) is 0 Å². The van der Waals surface area contributed by atoms with Crippen molar-refractivity contribution in [3.8, 4) is 0 Å². The molecule has 1 fully saturated rings. The molecule has 0 aromatic rings. The fraction of sp³-hybridized carbons (Fsp3) is 1.00. The molecule has 0 spiro atoms. The number of nitrogens with one attached hydrogen (secondary N) is 1. The fourth-order valence-electron chi connectivity index (χ4n) is 2.53. The Morgan fingerprint density at radius 1 is 1.11 bits per heavy atom. The second-order valence-electron chi connectivity index (χ2n) is 6.72. The zero-order valence-electron chi connectivity index (χ0n) is 12.5. The van der Waals surface area contributed by atoms with Gasteiger partial charge in [-0.05, 0) is 37.5 Å². The molecule has 1 aliphatic carbocycles. The predicted octanol–water partition coefficient (Wildman–Crippen LogP) is 1.73. The summed E-state index contributed by atoms with van der Waals surface area (Å²) in [6.45, 7) is 7.28. The Balaban J connectivity index is 2.26. The Labute approximate surface area is 117 Å². The molecular formula is C14H29NO3S. The Kier molecular flexibility index (Phi) is 5.83. The van der Waals surface area contributed by atoms with E-state index in [4.69, 9.17) is 0 Å². The van der Waals surface area contributed by atoms with Crippen molar-refractivity contribution in [3.63, 3.8) is 0 Å². The highest BCUT2D eigenvalue weighted by atomic mass is 32.2. The first kappa shape index (κ1) is 16.9. The highest BCUT2D eigenvalue weighted by molar-refractivity contribution is 7.91. The summed E-state index contributed by atoms with van der Waals surface area (Å²) in [7, 11) is -2.92. The molecular weight excluding hydrogens is 262 g/mol. The molecule has 0 unspecified atom stereocenters. The smallest absolute Gasteiger partial charge is 0.151 e. The third-order valence-corrected chi connectivity index (χ3v) is 5.95. The zero-order chi connectivity index (χ0) is 14.6. The van der Waals surface area contributed by atoms with Crippen molar-refractivity contribution in [2.24, 2.45) is 5.41 Å². The van der Waals surface area contributed by atoms with Crippen LogP contribution < -0.4 is 5.32 Å². The maximum atomic E-state index is 11.5. The van der Waals surface area contributed by atoms with Crippen LogP contribution >= 0.6 is 0 Å². The van der Waals surface area contributed by atoms with Crippen LogP contribution in [-0.2, 0) is 9.84 Å². The van der Waals surface area contributed by atoms with Crippen LogP contribution in [0, 0.1) is 5.41 Å². The molecule has 1 saturated carbocycles. The van der Waals surface area contributed by atoms with Crippen LogP contribution in [0.4, 0.5) is 0 Å². The lowest BCUT2D eigenvalue weighted by atomic mass is 9.71. The molecule has 5 heteroatoms. The second kappa shape index (κ2) is 6.55. The third-order valence-electron chi connectivity index (χ3n) is 4.09. The summed E-state index contributed by atoms with van der Waals surface area (Å²) in [6.07, 6.45) is 4.32. The average Bonchev–Trinajstić information content (AvgIpc) is 2.30. The Bertz CT molecular complexity index is 366. The lowest BCUT2D eigenvalue weighted by molar-refractivity contribution is -0.0238. The monoisotopic (exact) mass is 291 g/mol. The summed E-state index contributed by atoms with van der Waals surface area (Å²) in [5.41, 5.74) is -0.319. The molecule has 2 N–H and O–H groups in total. The molecule has 0 atom stereocenters. The zero-order valence-corrected chi connectivity index (χ0v) is 13.4. The van der Waals surface area contributed by atoms with Gasteiger partial charge in [-0.2, -0.15) is 0 Å². The van der Waals surface area contributed by atoms with Gasteiger partial charge in [0, 0.05) is 18.8 Å². The van der Waals surface area contributed by atoms with Crippen LogP contribution in [0.3, 0.4) is 0 Å². The van der Waals surface area contributed by atoms with Gasteiger partial charge in [-0.1, -0.05) is 20.8 Å². The van der Waals surface area contributed by atoms with Crippen LogP contribution in [0.25, 0.3) is 0 Å². The first-order valence-corrected chi connectivity index (χ1v) is 9.14. The van der Waals surface area contributed by atoms with Gasteiger partial charge in [0.05, 0.1) is 11.4 Å². The van der Waals surface area contributed by atoms with Crippen LogP contribution in [0.15, 0.2) is 0 Å². The highest BCUT2D eigenvalue weighted by Gasteiger charge is 2.36. The fourth-order valence-corrected chi connectivity index (χ4v) is 3.81. The van der Waals surface area contributed by atoms with E-state index in [1.54, 1.807) is 0 Å². The Hall–Kier alpha value is -0.130. The highest BCUT2D eigenvalue weighted by Crippen LogP contribution is 2.39. The Morgan fingerprint density at radius 3 is 2.21 bits per heavy atom. The minimum atomic E-state index is -2.92. The quantitative estimate of drug-likeness (QED) is 0.701. The molecule has 0 saturated heterocycles. The summed E-state index contributed by atoms with van der Waals surface area (Å²) in [5, 5.41) is 13.5.